The summed E-state index contributed by atoms with van der Waals surface area (Å²) in [5, 5.41) is 3.57. The number of aromatic nitrogens is 1. The van der Waals surface area contributed by atoms with Crippen molar-refractivity contribution in [1.82, 2.24) is 15.2 Å². The molecule has 0 radical (unpaired) electrons. The topological polar surface area (TPSA) is 54.5 Å². The minimum Gasteiger partial charge on any atom is -0.444 e. The van der Waals surface area contributed by atoms with E-state index in [2.05, 4.69) is 16.4 Å². The molecule has 122 valence electrons. The Kier molecular flexibility index (Phi) is 5.77. The summed E-state index contributed by atoms with van der Waals surface area (Å²) in [4.78, 5) is 18.1. The van der Waals surface area contributed by atoms with Crippen molar-refractivity contribution in [2.75, 3.05) is 13.1 Å². The Morgan fingerprint density at radius 3 is 2.91 bits per heavy atom. The molecule has 0 bridgehead atoms. The molecule has 2 rings (SSSR count). The normalized spacial score (nSPS) is 19.6. The van der Waals surface area contributed by atoms with Crippen LogP contribution in [0, 0.1) is 0 Å². The maximum absolute atomic E-state index is 12.1. The first-order chi connectivity index (χ1) is 10.4. The lowest BCUT2D eigenvalue weighted by Gasteiger charge is -2.26. The van der Waals surface area contributed by atoms with Crippen molar-refractivity contribution in [3.8, 4) is 0 Å². The highest BCUT2D eigenvalue weighted by atomic mass is 16.6. The number of rotatable bonds is 3. The van der Waals surface area contributed by atoms with Crippen LogP contribution >= 0.6 is 0 Å². The molecule has 0 aromatic carbocycles. The van der Waals surface area contributed by atoms with Crippen LogP contribution in [0.5, 0.6) is 0 Å². The molecular formula is C17H27N3O2. The van der Waals surface area contributed by atoms with Crippen LogP contribution in [-0.2, 0) is 11.3 Å². The van der Waals surface area contributed by atoms with Crippen molar-refractivity contribution in [2.45, 2.75) is 58.2 Å². The van der Waals surface area contributed by atoms with Gasteiger partial charge in [0.15, 0.2) is 0 Å². The molecule has 5 heteroatoms. The second kappa shape index (κ2) is 7.58. The molecule has 22 heavy (non-hydrogen) atoms. The number of amides is 1. The van der Waals surface area contributed by atoms with Gasteiger partial charge in [-0.15, -0.1) is 0 Å². The molecule has 1 fully saturated rings. The molecule has 0 aliphatic carbocycles. The minimum atomic E-state index is -0.429. The van der Waals surface area contributed by atoms with Crippen molar-refractivity contribution in [2.24, 2.45) is 0 Å². The molecular weight excluding hydrogens is 278 g/mol. The third-order valence-electron chi connectivity index (χ3n) is 3.70. The van der Waals surface area contributed by atoms with Gasteiger partial charge in [0.2, 0.25) is 0 Å². The zero-order chi connectivity index (χ0) is 16.0. The molecule has 0 spiro atoms. The van der Waals surface area contributed by atoms with Gasteiger partial charge in [-0.3, -0.25) is 4.98 Å². The molecule has 0 saturated carbocycles. The lowest BCUT2D eigenvalue weighted by molar-refractivity contribution is 0.0256. The minimum absolute atomic E-state index is 0.194. The maximum Gasteiger partial charge on any atom is 0.410 e. The Balaban J connectivity index is 1.78. The highest BCUT2D eigenvalue weighted by Gasteiger charge is 2.24. The van der Waals surface area contributed by atoms with Crippen LogP contribution in [0.2, 0.25) is 0 Å². The van der Waals surface area contributed by atoms with Gasteiger partial charge in [-0.2, -0.15) is 0 Å². The summed E-state index contributed by atoms with van der Waals surface area (Å²) in [5.41, 5.74) is 0.761. The largest absolute Gasteiger partial charge is 0.444 e. The molecule has 1 aromatic rings. The molecule has 5 nitrogen and oxygen atoms in total. The number of nitrogens with one attached hydrogen (secondary N) is 1. The van der Waals surface area contributed by atoms with Crippen LogP contribution in [-0.4, -0.2) is 40.7 Å². The molecule has 1 aliphatic heterocycles. The summed E-state index contributed by atoms with van der Waals surface area (Å²) in [6.07, 6.45) is 6.52. The summed E-state index contributed by atoms with van der Waals surface area (Å²) in [5.74, 6) is 0. The van der Waals surface area contributed by atoms with E-state index in [1.165, 1.54) is 5.56 Å². The van der Waals surface area contributed by atoms with Crippen molar-refractivity contribution >= 4 is 6.09 Å². The van der Waals surface area contributed by atoms with E-state index >= 15 is 0 Å². The average molecular weight is 305 g/mol. The summed E-state index contributed by atoms with van der Waals surface area (Å²) < 4.78 is 5.46. The van der Waals surface area contributed by atoms with E-state index in [-0.39, 0.29) is 6.09 Å². The zero-order valence-corrected chi connectivity index (χ0v) is 13.8. The van der Waals surface area contributed by atoms with Crippen molar-refractivity contribution in [1.29, 1.82) is 0 Å². The fraction of sp³-hybridized carbons (Fsp3) is 0.647. The van der Waals surface area contributed by atoms with E-state index in [4.69, 9.17) is 4.74 Å². The van der Waals surface area contributed by atoms with Gasteiger partial charge in [0.1, 0.15) is 5.60 Å². The van der Waals surface area contributed by atoms with Crippen LogP contribution in [0.15, 0.2) is 24.5 Å². The summed E-state index contributed by atoms with van der Waals surface area (Å²) in [7, 11) is 0. The van der Waals surface area contributed by atoms with Crippen molar-refractivity contribution in [3.05, 3.63) is 30.1 Å². The number of likely N-dealkylation sites (tertiary alicyclic amines) is 1. The van der Waals surface area contributed by atoms with Gasteiger partial charge in [-0.05, 0) is 51.7 Å². The first kappa shape index (κ1) is 16.7. The first-order valence-corrected chi connectivity index (χ1v) is 8.04. The van der Waals surface area contributed by atoms with E-state index in [0.29, 0.717) is 6.04 Å². The van der Waals surface area contributed by atoms with Gasteiger partial charge in [-0.1, -0.05) is 6.07 Å². The second-order valence-corrected chi connectivity index (χ2v) is 6.84. The van der Waals surface area contributed by atoms with E-state index in [1.54, 1.807) is 6.20 Å². The van der Waals surface area contributed by atoms with Gasteiger partial charge < -0.3 is 15.0 Å². The number of nitrogens with zero attached hydrogens (tertiary/aromatic N) is 2. The van der Waals surface area contributed by atoms with Gasteiger partial charge >= 0.3 is 6.09 Å². The summed E-state index contributed by atoms with van der Waals surface area (Å²) in [6, 6.07) is 4.46. The van der Waals surface area contributed by atoms with E-state index in [9.17, 15) is 4.79 Å². The lowest BCUT2D eigenvalue weighted by Crippen LogP contribution is -2.38. The lowest BCUT2D eigenvalue weighted by atomic mass is 10.1. The monoisotopic (exact) mass is 305 g/mol. The first-order valence-electron chi connectivity index (χ1n) is 8.04. The van der Waals surface area contributed by atoms with Gasteiger partial charge in [0.05, 0.1) is 0 Å². The predicted octanol–water partition coefficient (Wildman–Crippen LogP) is 2.96. The Labute approximate surface area is 133 Å². The highest BCUT2D eigenvalue weighted by Crippen LogP contribution is 2.15. The van der Waals surface area contributed by atoms with Crippen LogP contribution in [0.3, 0.4) is 0 Å². The zero-order valence-electron chi connectivity index (χ0n) is 13.8. The fourth-order valence-corrected chi connectivity index (χ4v) is 2.57. The SMILES string of the molecule is CC(C)(C)OC(=O)N1CCCC(NCc2cccnc2)CC1. The van der Waals surface area contributed by atoms with E-state index in [1.807, 2.05) is 37.9 Å². The van der Waals surface area contributed by atoms with Gasteiger partial charge in [-0.25, -0.2) is 4.79 Å². The third kappa shape index (κ3) is 5.64. The molecule has 1 amide bonds. The maximum atomic E-state index is 12.1. The Bertz CT molecular complexity index is 471. The Morgan fingerprint density at radius 2 is 2.23 bits per heavy atom. The quantitative estimate of drug-likeness (QED) is 0.933. The number of ether oxygens (including phenoxy) is 1. The Morgan fingerprint density at radius 1 is 1.41 bits per heavy atom. The molecule has 2 heterocycles. The van der Waals surface area contributed by atoms with Crippen molar-refractivity contribution in [3.63, 3.8) is 0 Å². The molecule has 1 aliphatic rings. The van der Waals surface area contributed by atoms with Crippen molar-refractivity contribution < 1.29 is 9.53 Å². The number of hydrogen-bond donors (Lipinski definition) is 1. The van der Waals surface area contributed by atoms with Crippen LogP contribution in [0.4, 0.5) is 4.79 Å². The van der Waals surface area contributed by atoms with Crippen LogP contribution < -0.4 is 5.32 Å². The second-order valence-electron chi connectivity index (χ2n) is 6.84. The third-order valence-corrected chi connectivity index (χ3v) is 3.70. The fourth-order valence-electron chi connectivity index (χ4n) is 2.57. The van der Waals surface area contributed by atoms with E-state index in [0.717, 1.165) is 38.9 Å². The molecule has 1 N–H and O–H groups in total. The van der Waals surface area contributed by atoms with Crippen LogP contribution in [0.25, 0.3) is 0 Å². The average Bonchev–Trinajstić information content (AvgIpc) is 2.70. The number of hydrogen-bond acceptors (Lipinski definition) is 4. The van der Waals surface area contributed by atoms with Gasteiger partial charge in [0, 0.05) is 38.1 Å². The van der Waals surface area contributed by atoms with Crippen LogP contribution in [0.1, 0.15) is 45.6 Å². The number of pyridine rings is 1. The van der Waals surface area contributed by atoms with E-state index < -0.39 is 5.60 Å². The molecule has 1 unspecified atom stereocenters. The summed E-state index contributed by atoms with van der Waals surface area (Å²) >= 11 is 0. The molecule has 1 atom stereocenters. The summed E-state index contributed by atoms with van der Waals surface area (Å²) in [6.45, 7) is 8.06. The molecule has 1 aromatic heterocycles. The standard InChI is InChI=1S/C17H27N3O2/c1-17(2,3)22-16(21)20-10-5-7-15(8-11-20)19-13-14-6-4-9-18-12-14/h4,6,9,12,15,19H,5,7-8,10-11,13H2,1-3H3. The smallest absolute Gasteiger partial charge is 0.410 e. The highest BCUT2D eigenvalue weighted by molar-refractivity contribution is 5.68. The predicted molar refractivity (Wildman–Crippen MR) is 86.5 cm³/mol. The number of carbonyl (C=O) groups excluding carboxylic acids is 1. The molecule has 1 saturated heterocycles. The van der Waals surface area contributed by atoms with Gasteiger partial charge in [0.25, 0.3) is 0 Å². The Hall–Kier alpha value is -1.62. The number of carbonyl (C=O) groups is 1.